The Labute approximate surface area is 190 Å². The topological polar surface area (TPSA) is 104 Å². The highest BCUT2D eigenvalue weighted by molar-refractivity contribution is 8.26. The lowest BCUT2D eigenvalue weighted by Gasteiger charge is -2.20. The molecule has 1 amide bonds. The van der Waals surface area contributed by atoms with Gasteiger partial charge in [0.15, 0.2) is 17.3 Å². The number of nitrogens with one attached hydrogen (secondary N) is 1. The number of halogens is 1. The molecule has 0 unspecified atom stereocenters. The molecule has 31 heavy (non-hydrogen) atoms. The number of fused-ring (bicyclic) bond motifs is 1. The van der Waals surface area contributed by atoms with Gasteiger partial charge in [-0.25, -0.2) is 4.79 Å². The minimum absolute atomic E-state index is 0.0619. The van der Waals surface area contributed by atoms with Gasteiger partial charge in [0.05, 0.1) is 17.7 Å². The number of hydrogen-bond donors (Lipinski definition) is 1. The van der Waals surface area contributed by atoms with Crippen LogP contribution in [-0.2, 0) is 4.79 Å². The number of aliphatic imine (C=N–C) groups is 1. The number of ether oxygens (including phenoxy) is 2. The van der Waals surface area contributed by atoms with Crippen LogP contribution in [0.3, 0.4) is 0 Å². The summed E-state index contributed by atoms with van der Waals surface area (Å²) in [7, 11) is 1.41. The first-order valence-electron chi connectivity index (χ1n) is 9.03. The first kappa shape index (κ1) is 21.3. The van der Waals surface area contributed by atoms with Crippen molar-refractivity contribution in [2.45, 2.75) is 13.3 Å². The largest absolute Gasteiger partial charge is 0.493 e. The van der Waals surface area contributed by atoms with E-state index >= 15 is 0 Å². The van der Waals surface area contributed by atoms with Gasteiger partial charge in [-0.3, -0.25) is 10.2 Å². The third-order valence-corrected chi connectivity index (χ3v) is 6.46. The van der Waals surface area contributed by atoms with Crippen molar-refractivity contribution in [3.8, 4) is 11.5 Å². The first-order chi connectivity index (χ1) is 14.9. The second-order valence-electron chi connectivity index (χ2n) is 6.27. The SMILES string of the molecule is CCC1=NN2C(=N)/C(=C/c3cc(Cl)c(OC(=O)c4cccs4)c(OC)c3)C(=O)N=C2S1. The maximum absolute atomic E-state index is 12.5. The maximum Gasteiger partial charge on any atom is 0.353 e. The maximum atomic E-state index is 12.5. The van der Waals surface area contributed by atoms with Crippen molar-refractivity contribution in [2.75, 3.05) is 7.11 Å². The lowest BCUT2D eigenvalue weighted by atomic mass is 10.1. The number of carbonyl (C=O) groups is 2. The number of hydrazone groups is 1. The van der Waals surface area contributed by atoms with Crippen molar-refractivity contribution in [1.29, 1.82) is 5.41 Å². The molecular weight excluding hydrogens is 460 g/mol. The standard InChI is InChI=1S/C20H15ClN4O4S2/c1-3-15-24-25-17(22)11(18(26)23-20(25)31-15)7-10-8-12(21)16(13(9-10)28-2)29-19(27)14-5-4-6-30-14/h4-9,22H,3H2,1-2H3/b11-7-,22-17?. The normalized spacial score (nSPS) is 16.9. The van der Waals surface area contributed by atoms with Crippen LogP contribution in [0.2, 0.25) is 5.02 Å². The lowest BCUT2D eigenvalue weighted by molar-refractivity contribution is -0.114. The number of amides is 1. The molecule has 0 spiro atoms. The van der Waals surface area contributed by atoms with E-state index in [0.717, 1.165) is 5.04 Å². The Morgan fingerprint density at radius 1 is 1.39 bits per heavy atom. The second-order valence-corrected chi connectivity index (χ2v) is 8.66. The zero-order chi connectivity index (χ0) is 22.1. The summed E-state index contributed by atoms with van der Waals surface area (Å²) in [6, 6.07) is 6.47. The van der Waals surface area contributed by atoms with Crippen molar-refractivity contribution in [3.63, 3.8) is 0 Å². The van der Waals surface area contributed by atoms with E-state index in [1.165, 1.54) is 47.4 Å². The summed E-state index contributed by atoms with van der Waals surface area (Å²) in [5.41, 5.74) is 0.544. The van der Waals surface area contributed by atoms with Crippen molar-refractivity contribution in [2.24, 2.45) is 10.1 Å². The molecule has 0 atom stereocenters. The Hall–Kier alpha value is -2.95. The Balaban J connectivity index is 1.66. The number of carbonyl (C=O) groups excluding carboxylic acids is 2. The molecule has 2 aliphatic heterocycles. The zero-order valence-corrected chi connectivity index (χ0v) is 18.7. The number of benzene rings is 1. The molecule has 2 aliphatic rings. The summed E-state index contributed by atoms with van der Waals surface area (Å²) in [5.74, 6) is -0.883. The smallest absolute Gasteiger partial charge is 0.353 e. The van der Waals surface area contributed by atoms with E-state index in [0.29, 0.717) is 22.0 Å². The Morgan fingerprint density at radius 2 is 2.19 bits per heavy atom. The molecule has 1 N–H and O–H groups in total. The van der Waals surface area contributed by atoms with E-state index < -0.39 is 11.9 Å². The quantitative estimate of drug-likeness (QED) is 0.384. The lowest BCUT2D eigenvalue weighted by Crippen LogP contribution is -2.35. The molecule has 8 nitrogen and oxygen atoms in total. The minimum Gasteiger partial charge on any atom is -0.493 e. The van der Waals surface area contributed by atoms with Gasteiger partial charge in [-0.15, -0.1) is 11.3 Å². The number of hydrogen-bond acceptors (Lipinski definition) is 8. The van der Waals surface area contributed by atoms with Crippen molar-refractivity contribution in [3.05, 3.63) is 50.7 Å². The van der Waals surface area contributed by atoms with Gasteiger partial charge in [-0.2, -0.15) is 15.1 Å². The second kappa shape index (κ2) is 8.66. The molecule has 0 fully saturated rings. The zero-order valence-electron chi connectivity index (χ0n) is 16.3. The van der Waals surface area contributed by atoms with Crippen LogP contribution in [0.25, 0.3) is 6.08 Å². The average Bonchev–Trinajstić information content (AvgIpc) is 3.42. The van der Waals surface area contributed by atoms with Crippen LogP contribution in [-0.4, -0.2) is 40.0 Å². The predicted octanol–water partition coefficient (Wildman–Crippen LogP) is 4.66. The fraction of sp³-hybridized carbons (Fsp3) is 0.150. The Kier molecular flexibility index (Phi) is 5.94. The molecule has 0 radical (unpaired) electrons. The number of nitrogens with zero attached hydrogens (tertiary/aromatic N) is 3. The highest BCUT2D eigenvalue weighted by Crippen LogP contribution is 2.38. The van der Waals surface area contributed by atoms with Gasteiger partial charge in [0, 0.05) is 0 Å². The summed E-state index contributed by atoms with van der Waals surface area (Å²) >= 11 is 8.87. The number of thiophene rings is 1. The van der Waals surface area contributed by atoms with E-state index in [2.05, 4.69) is 10.1 Å². The van der Waals surface area contributed by atoms with Crippen LogP contribution in [0.5, 0.6) is 11.5 Å². The summed E-state index contributed by atoms with van der Waals surface area (Å²) < 4.78 is 10.8. The molecule has 1 aromatic heterocycles. The van der Waals surface area contributed by atoms with Gasteiger partial charge in [-0.05, 0) is 53.4 Å². The molecule has 0 aliphatic carbocycles. The highest BCUT2D eigenvalue weighted by atomic mass is 35.5. The fourth-order valence-corrected chi connectivity index (χ4v) is 4.48. The molecule has 0 saturated carbocycles. The first-order valence-corrected chi connectivity index (χ1v) is 11.1. The van der Waals surface area contributed by atoms with Crippen LogP contribution in [0.4, 0.5) is 0 Å². The molecule has 0 bridgehead atoms. The Bertz CT molecular complexity index is 1190. The molecule has 4 rings (SSSR count). The predicted molar refractivity (Wildman–Crippen MR) is 123 cm³/mol. The molecule has 11 heteroatoms. The third-order valence-electron chi connectivity index (χ3n) is 4.28. The van der Waals surface area contributed by atoms with E-state index in [1.807, 2.05) is 6.92 Å². The number of esters is 1. The van der Waals surface area contributed by atoms with E-state index in [4.69, 9.17) is 26.5 Å². The van der Waals surface area contributed by atoms with E-state index in [-0.39, 0.29) is 27.9 Å². The average molecular weight is 475 g/mol. The highest BCUT2D eigenvalue weighted by Gasteiger charge is 2.35. The van der Waals surface area contributed by atoms with Gasteiger partial charge in [0.2, 0.25) is 5.17 Å². The number of thioether (sulfide) groups is 1. The third kappa shape index (κ3) is 4.14. The van der Waals surface area contributed by atoms with Crippen LogP contribution < -0.4 is 9.47 Å². The van der Waals surface area contributed by atoms with Gasteiger partial charge >= 0.3 is 5.97 Å². The molecule has 1 aromatic carbocycles. The van der Waals surface area contributed by atoms with Crippen molar-refractivity contribution < 1.29 is 19.1 Å². The minimum atomic E-state index is -0.552. The summed E-state index contributed by atoms with van der Waals surface area (Å²) in [5, 5.41) is 17.1. The van der Waals surface area contributed by atoms with Crippen LogP contribution >= 0.6 is 34.7 Å². The van der Waals surface area contributed by atoms with Crippen molar-refractivity contribution in [1.82, 2.24) is 5.01 Å². The summed E-state index contributed by atoms with van der Waals surface area (Å²) in [6.45, 7) is 1.94. The number of amidine groups is 2. The van der Waals surface area contributed by atoms with Crippen molar-refractivity contribution >= 4 is 68.7 Å². The molecular formula is C20H15ClN4O4S2. The van der Waals surface area contributed by atoms with Gasteiger partial charge in [0.25, 0.3) is 5.91 Å². The van der Waals surface area contributed by atoms with E-state index in [1.54, 1.807) is 23.6 Å². The fourth-order valence-electron chi connectivity index (χ4n) is 2.80. The number of rotatable bonds is 5. The monoisotopic (exact) mass is 474 g/mol. The summed E-state index contributed by atoms with van der Waals surface area (Å²) in [4.78, 5) is 29.3. The summed E-state index contributed by atoms with van der Waals surface area (Å²) in [6.07, 6.45) is 2.16. The number of methoxy groups -OCH3 is 1. The molecule has 0 saturated heterocycles. The van der Waals surface area contributed by atoms with Crippen LogP contribution in [0, 0.1) is 5.41 Å². The van der Waals surface area contributed by atoms with Gasteiger partial charge < -0.3 is 9.47 Å². The molecule has 3 heterocycles. The van der Waals surface area contributed by atoms with Crippen LogP contribution in [0.1, 0.15) is 28.6 Å². The van der Waals surface area contributed by atoms with Crippen LogP contribution in [0.15, 0.2) is 45.3 Å². The molecule has 2 aromatic rings. The molecule has 158 valence electrons. The Morgan fingerprint density at radius 3 is 2.87 bits per heavy atom. The van der Waals surface area contributed by atoms with E-state index in [9.17, 15) is 9.59 Å². The van der Waals surface area contributed by atoms with Gasteiger partial charge in [0.1, 0.15) is 9.92 Å². The van der Waals surface area contributed by atoms with Gasteiger partial charge in [-0.1, -0.05) is 24.6 Å².